The average molecular weight is 164 g/mol. The summed E-state index contributed by atoms with van der Waals surface area (Å²) < 4.78 is 3.78. The molecule has 0 atom stereocenters. The molecule has 2 aromatic rings. The Morgan fingerprint density at radius 1 is 1.45 bits per heavy atom. The lowest BCUT2D eigenvalue weighted by atomic mass is 10.3. The number of rotatable bonds is 0. The summed E-state index contributed by atoms with van der Waals surface area (Å²) in [7, 11) is 0. The van der Waals surface area contributed by atoms with Crippen molar-refractivity contribution >= 4 is 21.7 Å². The van der Waals surface area contributed by atoms with Crippen molar-refractivity contribution in [2.45, 2.75) is 0 Å². The van der Waals surface area contributed by atoms with Gasteiger partial charge in [0.25, 0.3) is 0 Å². The lowest BCUT2D eigenvalue weighted by Gasteiger charge is -1.89. The Kier molecular flexibility index (Phi) is 1.40. The smallest absolute Gasteiger partial charge is 0.208 e. The quantitative estimate of drug-likeness (QED) is 0.584. The summed E-state index contributed by atoms with van der Waals surface area (Å²) in [6.07, 6.45) is 2.97. The van der Waals surface area contributed by atoms with Crippen molar-refractivity contribution in [3.63, 3.8) is 0 Å². The van der Waals surface area contributed by atoms with Crippen LogP contribution in [0.3, 0.4) is 0 Å². The Balaban J connectivity index is 3.03. The largest absolute Gasteiger partial charge is 0.287 e. The topological polar surface area (TPSA) is 42.9 Å². The van der Waals surface area contributed by atoms with Crippen LogP contribution in [0.1, 0.15) is 0 Å². The van der Waals surface area contributed by atoms with Gasteiger partial charge in [-0.25, -0.2) is 4.98 Å². The van der Waals surface area contributed by atoms with E-state index < -0.39 is 0 Å². The highest BCUT2D eigenvalue weighted by Crippen LogP contribution is 2.06. The van der Waals surface area contributed by atoms with Crippen LogP contribution in [0.25, 0.3) is 10.2 Å². The number of pyridine rings is 1. The maximum atomic E-state index is 11.1. The minimum atomic E-state index is -0.0631. The molecule has 4 heteroatoms. The molecule has 11 heavy (non-hydrogen) atoms. The van der Waals surface area contributed by atoms with Gasteiger partial charge in [-0.3, -0.25) is 4.79 Å². The first-order valence-electron chi connectivity index (χ1n) is 3.07. The lowest BCUT2D eigenvalue weighted by molar-refractivity contribution is 1.41. The van der Waals surface area contributed by atoms with E-state index >= 15 is 0 Å². The van der Waals surface area contributed by atoms with Gasteiger partial charge >= 0.3 is 0 Å². The first-order chi connectivity index (χ1) is 5.38. The number of fused-ring (bicyclic) bond motifs is 1. The maximum absolute atomic E-state index is 11.1. The molecule has 0 unspecified atom stereocenters. The summed E-state index contributed by atoms with van der Waals surface area (Å²) in [6, 6.07) is 3.50. The highest BCUT2D eigenvalue weighted by atomic mass is 32.1. The molecule has 0 aliphatic rings. The zero-order chi connectivity index (χ0) is 7.68. The van der Waals surface area contributed by atoms with E-state index in [-0.39, 0.29) is 5.43 Å². The van der Waals surface area contributed by atoms with Gasteiger partial charge in [0, 0.05) is 6.20 Å². The fourth-order valence-electron chi connectivity index (χ4n) is 0.845. The average Bonchev–Trinajstić information content (AvgIpc) is 2.06. The number of nitrogens with zero attached hydrogens (tertiary/aromatic N) is 2. The summed E-state index contributed by atoms with van der Waals surface area (Å²) in [5, 5.41) is 0.646. The molecule has 0 fully saturated rings. The molecule has 0 aromatic carbocycles. The van der Waals surface area contributed by atoms with Gasteiger partial charge in [-0.2, -0.15) is 4.37 Å². The summed E-state index contributed by atoms with van der Waals surface area (Å²) in [4.78, 5) is 15.8. The molecule has 0 spiro atoms. The summed E-state index contributed by atoms with van der Waals surface area (Å²) >= 11 is 1.23. The SMILES string of the molecule is O=c1cnsc2ncccc12. The molecule has 0 saturated carbocycles. The van der Waals surface area contributed by atoms with E-state index in [2.05, 4.69) is 9.36 Å². The van der Waals surface area contributed by atoms with Gasteiger partial charge in [-0.05, 0) is 23.7 Å². The van der Waals surface area contributed by atoms with Crippen molar-refractivity contribution in [2.24, 2.45) is 0 Å². The Morgan fingerprint density at radius 2 is 2.36 bits per heavy atom. The van der Waals surface area contributed by atoms with Crippen molar-refractivity contribution in [2.75, 3.05) is 0 Å². The summed E-state index contributed by atoms with van der Waals surface area (Å²) in [5.41, 5.74) is -0.0631. The highest BCUT2D eigenvalue weighted by Gasteiger charge is 1.96. The van der Waals surface area contributed by atoms with E-state index in [1.165, 1.54) is 17.7 Å². The van der Waals surface area contributed by atoms with Crippen molar-refractivity contribution in [3.8, 4) is 0 Å². The molecule has 0 radical (unpaired) electrons. The van der Waals surface area contributed by atoms with E-state index in [0.717, 1.165) is 0 Å². The summed E-state index contributed by atoms with van der Waals surface area (Å²) in [5.74, 6) is 0. The summed E-state index contributed by atoms with van der Waals surface area (Å²) in [6.45, 7) is 0. The fourth-order valence-corrected chi connectivity index (χ4v) is 1.47. The number of hydrogen-bond donors (Lipinski definition) is 0. The van der Waals surface area contributed by atoms with Gasteiger partial charge in [0.1, 0.15) is 4.83 Å². The molecule has 0 saturated heterocycles. The maximum Gasteiger partial charge on any atom is 0.208 e. The van der Waals surface area contributed by atoms with Crippen LogP contribution in [0, 0.1) is 0 Å². The van der Waals surface area contributed by atoms with Crippen molar-refractivity contribution in [1.29, 1.82) is 0 Å². The van der Waals surface area contributed by atoms with Gasteiger partial charge < -0.3 is 0 Å². The van der Waals surface area contributed by atoms with E-state index in [0.29, 0.717) is 10.2 Å². The molecule has 54 valence electrons. The van der Waals surface area contributed by atoms with E-state index in [1.807, 2.05) is 0 Å². The Hall–Kier alpha value is -1.29. The highest BCUT2D eigenvalue weighted by molar-refractivity contribution is 7.12. The molecule has 0 N–H and O–H groups in total. The Morgan fingerprint density at radius 3 is 3.18 bits per heavy atom. The molecule has 2 rings (SSSR count). The monoisotopic (exact) mass is 164 g/mol. The van der Waals surface area contributed by atoms with Crippen LogP contribution < -0.4 is 5.43 Å². The predicted octanol–water partition coefficient (Wildman–Crippen LogP) is 1.05. The third-order valence-electron chi connectivity index (χ3n) is 1.35. The number of hydrogen-bond acceptors (Lipinski definition) is 4. The third-order valence-corrected chi connectivity index (χ3v) is 2.05. The molecule has 0 bridgehead atoms. The van der Waals surface area contributed by atoms with E-state index in [9.17, 15) is 4.79 Å². The molecular formula is C7H4N2OS. The second-order valence-electron chi connectivity index (χ2n) is 2.05. The van der Waals surface area contributed by atoms with Crippen LogP contribution in [-0.4, -0.2) is 9.36 Å². The molecule has 0 aliphatic heterocycles. The van der Waals surface area contributed by atoms with Gasteiger partial charge in [-0.15, -0.1) is 0 Å². The van der Waals surface area contributed by atoms with Crippen molar-refractivity contribution < 1.29 is 0 Å². The molecule has 3 nitrogen and oxygen atoms in total. The fraction of sp³-hybridized carbons (Fsp3) is 0. The van der Waals surface area contributed by atoms with Gasteiger partial charge in [0.2, 0.25) is 5.43 Å². The lowest BCUT2D eigenvalue weighted by Crippen LogP contribution is -1.98. The van der Waals surface area contributed by atoms with Crippen LogP contribution in [-0.2, 0) is 0 Å². The second-order valence-corrected chi connectivity index (χ2v) is 2.83. The van der Waals surface area contributed by atoms with Gasteiger partial charge in [0.05, 0.1) is 11.6 Å². The molecule has 0 amide bonds. The Bertz CT molecular complexity index is 432. The molecule has 2 aromatic heterocycles. The van der Waals surface area contributed by atoms with Crippen molar-refractivity contribution in [1.82, 2.24) is 9.36 Å². The standard InChI is InChI=1S/C7H4N2OS/c10-6-4-9-11-7-5(6)2-1-3-8-7/h1-4H. The predicted molar refractivity (Wildman–Crippen MR) is 43.7 cm³/mol. The zero-order valence-electron chi connectivity index (χ0n) is 5.52. The van der Waals surface area contributed by atoms with Gasteiger partial charge in [0.15, 0.2) is 0 Å². The van der Waals surface area contributed by atoms with Crippen LogP contribution in [0.15, 0.2) is 29.3 Å². The van der Waals surface area contributed by atoms with Crippen LogP contribution in [0.5, 0.6) is 0 Å². The molecule has 2 heterocycles. The number of aromatic nitrogens is 2. The van der Waals surface area contributed by atoms with Crippen LogP contribution >= 0.6 is 11.5 Å². The Labute approximate surface area is 66.5 Å². The van der Waals surface area contributed by atoms with Gasteiger partial charge in [-0.1, -0.05) is 0 Å². The minimum Gasteiger partial charge on any atom is -0.287 e. The molecular weight excluding hydrogens is 160 g/mol. The van der Waals surface area contributed by atoms with Crippen LogP contribution in [0.2, 0.25) is 0 Å². The third kappa shape index (κ3) is 1.01. The van der Waals surface area contributed by atoms with Crippen molar-refractivity contribution in [3.05, 3.63) is 34.7 Å². The second kappa shape index (κ2) is 2.39. The van der Waals surface area contributed by atoms with E-state index in [1.54, 1.807) is 18.3 Å². The normalized spacial score (nSPS) is 10.2. The van der Waals surface area contributed by atoms with E-state index in [4.69, 9.17) is 0 Å². The molecule has 0 aliphatic carbocycles. The first-order valence-corrected chi connectivity index (χ1v) is 3.85. The zero-order valence-corrected chi connectivity index (χ0v) is 6.34. The first kappa shape index (κ1) is 6.42. The van der Waals surface area contributed by atoms with Crippen LogP contribution in [0.4, 0.5) is 0 Å². The minimum absolute atomic E-state index is 0.0631.